The second-order valence-corrected chi connectivity index (χ2v) is 8.53. The third-order valence-corrected chi connectivity index (χ3v) is 6.00. The van der Waals surface area contributed by atoms with Gasteiger partial charge in [-0.25, -0.2) is 0 Å². The first kappa shape index (κ1) is 19.7. The Morgan fingerprint density at radius 1 is 0.933 bits per heavy atom. The minimum absolute atomic E-state index is 0.0319. The largest absolute Gasteiger partial charge is 0.855 e. The molecule has 152 valence electrons. The van der Waals surface area contributed by atoms with Gasteiger partial charge in [0.05, 0.1) is 4.90 Å². The van der Waals surface area contributed by atoms with Gasteiger partial charge in [0.1, 0.15) is 11.3 Å². The molecule has 0 fully saturated rings. The Labute approximate surface area is 174 Å². The number of furan rings is 1. The van der Waals surface area contributed by atoms with Crippen molar-refractivity contribution >= 4 is 32.6 Å². The Hall–Kier alpha value is -3.58. The Kier molecular flexibility index (Phi) is 5.05. The summed E-state index contributed by atoms with van der Waals surface area (Å²) < 4.78 is 35.0. The summed E-state index contributed by atoms with van der Waals surface area (Å²) in [6, 6.07) is 22.5. The molecular weight excluding hydrogens is 400 g/mol. The number of anilines is 1. The number of rotatable bonds is 5. The second-order valence-electron chi connectivity index (χ2n) is 6.96. The van der Waals surface area contributed by atoms with Gasteiger partial charge in [-0.3, -0.25) is 0 Å². The molecule has 0 aliphatic heterocycles. The number of benzene rings is 3. The second kappa shape index (κ2) is 7.68. The van der Waals surface area contributed by atoms with Crippen LogP contribution < -0.4 is 10.0 Å². The summed E-state index contributed by atoms with van der Waals surface area (Å²) in [7, 11) is -0.456. The van der Waals surface area contributed by atoms with Crippen LogP contribution in [0.4, 0.5) is 5.69 Å². The van der Waals surface area contributed by atoms with E-state index in [4.69, 9.17) is 4.42 Å². The molecule has 0 N–H and O–H groups in total. The summed E-state index contributed by atoms with van der Waals surface area (Å²) in [6.45, 7) is 0. The Bertz CT molecular complexity index is 1340. The van der Waals surface area contributed by atoms with Gasteiger partial charge in [0.25, 0.3) is 10.0 Å². The third kappa shape index (κ3) is 3.79. The number of nitrogens with zero attached hydrogens (tertiary/aromatic N) is 2. The summed E-state index contributed by atoms with van der Waals surface area (Å²) >= 11 is 0. The van der Waals surface area contributed by atoms with Gasteiger partial charge in [0.2, 0.25) is 0 Å². The lowest BCUT2D eigenvalue weighted by atomic mass is 10.1. The fraction of sp³-hybridized carbons (Fsp3) is 0.0870. The normalized spacial score (nSPS) is 12.3. The number of hydrogen-bond donors (Lipinski definition) is 0. The van der Waals surface area contributed by atoms with Crippen LogP contribution in [-0.4, -0.2) is 28.4 Å². The molecule has 7 heteroatoms. The maximum atomic E-state index is 12.9. The zero-order valence-electron chi connectivity index (χ0n) is 16.4. The molecule has 0 spiro atoms. The van der Waals surface area contributed by atoms with Crippen LogP contribution in [0.25, 0.3) is 22.1 Å². The highest BCUT2D eigenvalue weighted by Gasteiger charge is 2.19. The molecule has 0 saturated heterocycles. The first-order chi connectivity index (χ1) is 14.3. The first-order valence-electron chi connectivity index (χ1n) is 9.23. The van der Waals surface area contributed by atoms with Crippen LogP contribution in [0.3, 0.4) is 0 Å². The van der Waals surface area contributed by atoms with Crippen LogP contribution >= 0.6 is 0 Å². The minimum Gasteiger partial charge on any atom is -0.855 e. The predicted molar refractivity (Wildman–Crippen MR) is 116 cm³/mol. The number of sulfonamides is 1. The molecule has 0 unspecified atom stereocenters. The zero-order valence-corrected chi connectivity index (χ0v) is 17.3. The molecule has 4 aromatic rings. The molecule has 1 heterocycles. The molecule has 0 aliphatic carbocycles. The van der Waals surface area contributed by atoms with Gasteiger partial charge in [-0.05, 0) is 29.8 Å². The highest BCUT2D eigenvalue weighted by Crippen LogP contribution is 2.29. The fourth-order valence-corrected chi connectivity index (χ4v) is 4.28. The lowest BCUT2D eigenvalue weighted by Crippen LogP contribution is -2.20. The van der Waals surface area contributed by atoms with E-state index in [1.807, 2.05) is 49.3 Å². The Morgan fingerprint density at radius 3 is 2.37 bits per heavy atom. The Morgan fingerprint density at radius 2 is 1.63 bits per heavy atom. The summed E-state index contributed by atoms with van der Waals surface area (Å²) in [4.78, 5) is 1.87. The molecule has 1 aromatic heterocycles. The van der Waals surface area contributed by atoms with E-state index in [-0.39, 0.29) is 10.7 Å². The van der Waals surface area contributed by atoms with E-state index in [0.717, 1.165) is 11.3 Å². The monoisotopic (exact) mass is 419 g/mol. The highest BCUT2D eigenvalue weighted by molar-refractivity contribution is 7.90. The maximum absolute atomic E-state index is 12.9. The molecule has 0 radical (unpaired) electrons. The van der Waals surface area contributed by atoms with Crippen molar-refractivity contribution in [1.82, 2.24) is 0 Å². The molecule has 0 aliphatic rings. The average Bonchev–Trinajstić information content (AvgIpc) is 3.18. The van der Waals surface area contributed by atoms with Gasteiger partial charge in [-0.15, -0.1) is 0 Å². The van der Waals surface area contributed by atoms with E-state index in [2.05, 4.69) is 4.40 Å². The summed E-state index contributed by atoms with van der Waals surface area (Å²) in [5.41, 5.74) is 2.59. The van der Waals surface area contributed by atoms with E-state index >= 15 is 0 Å². The number of fused-ring (bicyclic) bond motifs is 1. The van der Waals surface area contributed by atoms with Crippen LogP contribution in [0.15, 0.2) is 92.6 Å². The molecule has 0 bridgehead atoms. The standard InChI is InChI=1S/C23H20N2O4S/c1-25(2)18-13-12-17-14-21(29-20(17)15-18)23(26)24-30(27,28)22-11-7-6-10-19(22)16-8-4-3-5-9-16/h3-15H,1-2H3,(H,24,26)/p-1. The van der Waals surface area contributed by atoms with Crippen molar-refractivity contribution in [2.24, 2.45) is 4.40 Å². The Balaban J connectivity index is 1.75. The molecule has 0 saturated carbocycles. The summed E-state index contributed by atoms with van der Waals surface area (Å²) in [5, 5.41) is 13.3. The van der Waals surface area contributed by atoms with Gasteiger partial charge in [0.15, 0.2) is 0 Å². The predicted octanol–water partition coefficient (Wildman–Crippen LogP) is 3.66. The van der Waals surface area contributed by atoms with Crippen molar-refractivity contribution in [3.63, 3.8) is 0 Å². The van der Waals surface area contributed by atoms with Crippen molar-refractivity contribution in [2.75, 3.05) is 19.0 Å². The lowest BCUT2D eigenvalue weighted by molar-refractivity contribution is -0.214. The SMILES string of the molecule is CN(C)c1ccc2cc(/C([O-])=N/S(=O)(=O)c3ccccc3-c3ccccc3)oc2c1. The average molecular weight is 419 g/mol. The van der Waals surface area contributed by atoms with Gasteiger partial charge in [-0.1, -0.05) is 48.5 Å². The molecule has 3 aromatic carbocycles. The summed E-state index contributed by atoms with van der Waals surface area (Å²) in [6.07, 6.45) is 0. The van der Waals surface area contributed by atoms with Gasteiger partial charge < -0.3 is 14.4 Å². The van der Waals surface area contributed by atoms with E-state index in [1.54, 1.807) is 36.4 Å². The quantitative estimate of drug-likeness (QED) is 0.364. The minimum atomic E-state index is -4.24. The molecule has 4 rings (SSSR count). The van der Waals surface area contributed by atoms with E-state index in [9.17, 15) is 13.5 Å². The van der Waals surface area contributed by atoms with Gasteiger partial charge in [0, 0.05) is 42.7 Å². The lowest BCUT2D eigenvalue weighted by Gasteiger charge is -2.11. The van der Waals surface area contributed by atoms with E-state index in [1.165, 1.54) is 12.1 Å². The molecule has 30 heavy (non-hydrogen) atoms. The van der Waals surface area contributed by atoms with Crippen molar-refractivity contribution in [3.8, 4) is 11.1 Å². The molecule has 6 nitrogen and oxygen atoms in total. The molecule has 0 atom stereocenters. The first-order valence-corrected chi connectivity index (χ1v) is 10.7. The fourth-order valence-electron chi connectivity index (χ4n) is 3.15. The molecule has 0 amide bonds. The topological polar surface area (TPSA) is 85.9 Å². The van der Waals surface area contributed by atoms with Crippen LogP contribution in [0, 0.1) is 0 Å². The van der Waals surface area contributed by atoms with Crippen molar-refractivity contribution in [1.29, 1.82) is 0 Å². The van der Waals surface area contributed by atoms with Crippen molar-refractivity contribution in [3.05, 3.63) is 84.6 Å². The van der Waals surface area contributed by atoms with Crippen molar-refractivity contribution < 1.29 is 17.9 Å². The van der Waals surface area contributed by atoms with Crippen LogP contribution in [0.5, 0.6) is 0 Å². The number of hydrogen-bond acceptors (Lipinski definition) is 5. The van der Waals surface area contributed by atoms with Gasteiger partial charge >= 0.3 is 0 Å². The van der Waals surface area contributed by atoms with Gasteiger partial charge in [-0.2, -0.15) is 12.8 Å². The van der Waals surface area contributed by atoms with E-state index < -0.39 is 15.9 Å². The maximum Gasteiger partial charge on any atom is 0.282 e. The highest BCUT2D eigenvalue weighted by atomic mass is 32.2. The van der Waals surface area contributed by atoms with Crippen LogP contribution in [0.1, 0.15) is 5.76 Å². The van der Waals surface area contributed by atoms with E-state index in [0.29, 0.717) is 16.5 Å². The van der Waals surface area contributed by atoms with Crippen LogP contribution in [0.2, 0.25) is 0 Å². The third-order valence-electron chi connectivity index (χ3n) is 4.68. The summed E-state index contributed by atoms with van der Waals surface area (Å²) in [5.74, 6) is -1.07. The smallest absolute Gasteiger partial charge is 0.282 e. The van der Waals surface area contributed by atoms with Crippen LogP contribution in [-0.2, 0) is 10.0 Å². The zero-order chi connectivity index (χ0) is 21.3. The molecular formula is C23H19N2O4S-. The van der Waals surface area contributed by atoms with Crippen molar-refractivity contribution in [2.45, 2.75) is 4.90 Å².